The van der Waals surface area contributed by atoms with Crippen molar-refractivity contribution in [2.24, 2.45) is 0 Å². The van der Waals surface area contributed by atoms with Crippen molar-refractivity contribution in [3.8, 4) is 6.07 Å². The molecule has 0 saturated carbocycles. The summed E-state index contributed by atoms with van der Waals surface area (Å²) in [4.78, 5) is 14.4. The van der Waals surface area contributed by atoms with Crippen LogP contribution in [0.5, 0.6) is 0 Å². The van der Waals surface area contributed by atoms with Gasteiger partial charge in [-0.15, -0.1) is 0 Å². The van der Waals surface area contributed by atoms with Crippen molar-refractivity contribution >= 4 is 11.0 Å². The summed E-state index contributed by atoms with van der Waals surface area (Å²) >= 11 is 0. The number of rotatable bonds is 0. The fraction of sp³-hybridized carbons (Fsp3) is 0.417. The number of aromatic nitrogens is 3. The van der Waals surface area contributed by atoms with Gasteiger partial charge in [0.05, 0.1) is 11.2 Å². The Morgan fingerprint density at radius 1 is 1.47 bits per heavy atom. The van der Waals surface area contributed by atoms with Gasteiger partial charge in [0.1, 0.15) is 17.3 Å². The molecule has 88 valence electrons. The quantitative estimate of drug-likeness (QED) is 0.747. The van der Waals surface area contributed by atoms with Gasteiger partial charge in [0, 0.05) is 5.39 Å². The molecular weight excluding hydrogens is 216 g/mol. The highest BCUT2D eigenvalue weighted by Gasteiger charge is 2.20. The van der Waals surface area contributed by atoms with Gasteiger partial charge in [-0.05, 0) is 33.8 Å². The Balaban J connectivity index is 2.91. The molecule has 0 bridgehead atoms. The second kappa shape index (κ2) is 3.45. The number of hydrogen-bond donors (Lipinski definition) is 1. The molecule has 0 amide bonds. The number of aryl methyl sites for hydroxylation is 1. The van der Waals surface area contributed by atoms with Crippen LogP contribution in [-0.4, -0.2) is 14.8 Å². The topological polar surface area (TPSA) is 74.5 Å². The third-order valence-corrected chi connectivity index (χ3v) is 2.63. The Kier molecular flexibility index (Phi) is 2.32. The smallest absolute Gasteiger partial charge is 0.267 e. The van der Waals surface area contributed by atoms with E-state index in [2.05, 4.69) is 10.1 Å². The Morgan fingerprint density at radius 3 is 2.65 bits per heavy atom. The Morgan fingerprint density at radius 2 is 2.12 bits per heavy atom. The Bertz CT molecular complexity index is 679. The summed E-state index contributed by atoms with van der Waals surface area (Å²) < 4.78 is 1.78. The molecule has 17 heavy (non-hydrogen) atoms. The molecule has 0 atom stereocenters. The monoisotopic (exact) mass is 230 g/mol. The van der Waals surface area contributed by atoms with Crippen LogP contribution in [0.1, 0.15) is 32.0 Å². The lowest BCUT2D eigenvalue weighted by Gasteiger charge is -2.19. The number of aromatic amines is 1. The molecule has 2 heterocycles. The highest BCUT2D eigenvalue weighted by atomic mass is 16.1. The molecule has 2 aromatic heterocycles. The third kappa shape index (κ3) is 1.72. The third-order valence-electron chi connectivity index (χ3n) is 2.63. The van der Waals surface area contributed by atoms with Crippen LogP contribution >= 0.6 is 0 Å². The van der Waals surface area contributed by atoms with Gasteiger partial charge in [-0.2, -0.15) is 10.4 Å². The number of fused-ring (bicyclic) bond motifs is 1. The molecule has 1 N–H and O–H groups in total. The number of pyridine rings is 1. The van der Waals surface area contributed by atoms with Gasteiger partial charge in [0.15, 0.2) is 0 Å². The maximum Gasteiger partial charge on any atom is 0.267 e. The van der Waals surface area contributed by atoms with Crippen LogP contribution in [-0.2, 0) is 5.54 Å². The second-order valence-electron chi connectivity index (χ2n) is 5.05. The lowest BCUT2D eigenvalue weighted by atomic mass is 10.1. The fourth-order valence-electron chi connectivity index (χ4n) is 1.79. The predicted octanol–water partition coefficient (Wildman–Crippen LogP) is 1.66. The highest BCUT2D eigenvalue weighted by molar-refractivity contribution is 5.79. The number of nitriles is 1. The molecule has 2 aromatic rings. The van der Waals surface area contributed by atoms with E-state index in [-0.39, 0.29) is 16.7 Å². The number of H-pyrrole nitrogens is 1. The minimum Gasteiger partial charge on any atom is -0.306 e. The molecule has 5 heteroatoms. The summed E-state index contributed by atoms with van der Waals surface area (Å²) in [6.45, 7) is 7.89. The van der Waals surface area contributed by atoms with Crippen LogP contribution in [0, 0.1) is 18.3 Å². The molecule has 0 spiro atoms. The van der Waals surface area contributed by atoms with Crippen LogP contribution in [0.25, 0.3) is 11.0 Å². The van der Waals surface area contributed by atoms with E-state index in [4.69, 9.17) is 5.26 Å². The molecule has 0 aliphatic carbocycles. The van der Waals surface area contributed by atoms with Gasteiger partial charge in [-0.3, -0.25) is 4.79 Å². The maximum atomic E-state index is 11.6. The first-order valence-electron chi connectivity index (χ1n) is 5.38. The normalized spacial score (nSPS) is 11.7. The van der Waals surface area contributed by atoms with E-state index in [1.807, 2.05) is 33.8 Å². The summed E-state index contributed by atoms with van der Waals surface area (Å²) in [5.74, 6) is 0. The van der Waals surface area contributed by atoms with Gasteiger partial charge in [-0.1, -0.05) is 0 Å². The molecule has 5 nitrogen and oxygen atoms in total. The molecule has 0 aliphatic rings. The van der Waals surface area contributed by atoms with E-state index in [1.54, 1.807) is 10.7 Å². The van der Waals surface area contributed by atoms with Crippen LogP contribution < -0.4 is 5.56 Å². The lowest BCUT2D eigenvalue weighted by molar-refractivity contribution is 0.364. The van der Waals surface area contributed by atoms with Gasteiger partial charge < -0.3 is 4.98 Å². The molecule has 0 fully saturated rings. The summed E-state index contributed by atoms with van der Waals surface area (Å²) in [5, 5.41) is 14.1. The van der Waals surface area contributed by atoms with Crippen LogP contribution in [0.4, 0.5) is 0 Å². The lowest BCUT2D eigenvalue weighted by Crippen LogP contribution is -2.24. The summed E-state index contributed by atoms with van der Waals surface area (Å²) in [6.07, 6.45) is 0. The van der Waals surface area contributed by atoms with Gasteiger partial charge in [0.2, 0.25) is 0 Å². The van der Waals surface area contributed by atoms with Crippen molar-refractivity contribution in [2.45, 2.75) is 33.2 Å². The number of nitrogens with one attached hydrogen (secondary N) is 1. The standard InChI is InChI=1S/C12H14N4O/c1-7-9-5-8(6-13)11(17)14-10(9)16(15-7)12(2,3)4/h5H,1-4H3,(H,14,17). The summed E-state index contributed by atoms with van der Waals surface area (Å²) in [7, 11) is 0. The number of hydrogen-bond acceptors (Lipinski definition) is 3. The highest BCUT2D eigenvalue weighted by Crippen LogP contribution is 2.22. The number of nitrogens with zero attached hydrogens (tertiary/aromatic N) is 3. The molecule has 2 rings (SSSR count). The zero-order valence-electron chi connectivity index (χ0n) is 10.3. The zero-order valence-corrected chi connectivity index (χ0v) is 10.3. The van der Waals surface area contributed by atoms with E-state index in [1.165, 1.54) is 0 Å². The average molecular weight is 230 g/mol. The minimum atomic E-state index is -0.370. The predicted molar refractivity (Wildman–Crippen MR) is 64.8 cm³/mol. The zero-order chi connectivity index (χ0) is 12.8. The van der Waals surface area contributed by atoms with Crippen molar-refractivity contribution < 1.29 is 0 Å². The van der Waals surface area contributed by atoms with Crippen molar-refractivity contribution in [2.75, 3.05) is 0 Å². The fourth-order valence-corrected chi connectivity index (χ4v) is 1.79. The first-order valence-corrected chi connectivity index (χ1v) is 5.38. The first kappa shape index (κ1) is 11.4. The SMILES string of the molecule is Cc1nn(C(C)(C)C)c2[nH]c(=O)c(C#N)cc12. The molecule has 0 aromatic carbocycles. The molecule has 0 unspecified atom stereocenters. The second-order valence-corrected chi connectivity index (χ2v) is 5.05. The molecule has 0 radical (unpaired) electrons. The van der Waals surface area contributed by atoms with Crippen LogP contribution in [0.15, 0.2) is 10.9 Å². The van der Waals surface area contributed by atoms with Gasteiger partial charge in [-0.25, -0.2) is 4.68 Å². The van der Waals surface area contributed by atoms with Crippen molar-refractivity contribution in [1.82, 2.24) is 14.8 Å². The van der Waals surface area contributed by atoms with E-state index in [9.17, 15) is 4.79 Å². The van der Waals surface area contributed by atoms with Crippen LogP contribution in [0.3, 0.4) is 0 Å². The van der Waals surface area contributed by atoms with E-state index in [0.717, 1.165) is 11.1 Å². The molecular formula is C12H14N4O. The largest absolute Gasteiger partial charge is 0.306 e. The van der Waals surface area contributed by atoms with E-state index >= 15 is 0 Å². The maximum absolute atomic E-state index is 11.6. The van der Waals surface area contributed by atoms with Gasteiger partial charge in [0.25, 0.3) is 5.56 Å². The van der Waals surface area contributed by atoms with E-state index < -0.39 is 0 Å². The first-order chi connectivity index (χ1) is 7.84. The Labute approximate surface area is 98.7 Å². The summed E-state index contributed by atoms with van der Waals surface area (Å²) in [6, 6.07) is 3.48. The van der Waals surface area contributed by atoms with E-state index in [0.29, 0.717) is 5.65 Å². The van der Waals surface area contributed by atoms with Crippen LogP contribution in [0.2, 0.25) is 0 Å². The van der Waals surface area contributed by atoms with Gasteiger partial charge >= 0.3 is 0 Å². The Hall–Kier alpha value is -2.09. The van der Waals surface area contributed by atoms with Crippen molar-refractivity contribution in [3.63, 3.8) is 0 Å². The average Bonchev–Trinajstić information content (AvgIpc) is 2.54. The minimum absolute atomic E-state index is 0.119. The van der Waals surface area contributed by atoms with Crippen molar-refractivity contribution in [1.29, 1.82) is 5.26 Å². The molecule has 0 saturated heterocycles. The summed E-state index contributed by atoms with van der Waals surface area (Å²) in [5.41, 5.74) is 1.00. The molecule has 0 aliphatic heterocycles. The van der Waals surface area contributed by atoms with Crippen molar-refractivity contribution in [3.05, 3.63) is 27.7 Å².